The Morgan fingerprint density at radius 2 is 1.75 bits per heavy atom. The van der Waals surface area contributed by atoms with Gasteiger partial charge in [0.2, 0.25) is 0 Å². The number of rotatable bonds is 3. The molecule has 2 rings (SSSR count). The summed E-state index contributed by atoms with van der Waals surface area (Å²) in [5.74, 6) is -1.02. The second kappa shape index (κ2) is 5.90. The molecule has 2 aromatic carbocycles. The topological polar surface area (TPSA) is 40.9 Å². The monoisotopic (exact) mass is 283 g/mol. The average Bonchev–Trinajstić information content (AvgIpc) is 2.40. The van der Waals surface area contributed by atoms with E-state index in [2.05, 4.69) is 6.07 Å². The van der Waals surface area contributed by atoms with Crippen molar-refractivity contribution in [1.29, 1.82) is 5.26 Å². The number of ketones is 1. The predicted octanol–water partition coefficient (Wildman–Crippen LogP) is 4.45. The van der Waals surface area contributed by atoms with Crippen LogP contribution in [0.3, 0.4) is 0 Å². The third-order valence-corrected chi connectivity index (χ3v) is 3.35. The van der Waals surface area contributed by atoms with Gasteiger partial charge in [0.25, 0.3) is 0 Å². The van der Waals surface area contributed by atoms with E-state index in [9.17, 15) is 10.1 Å². The van der Waals surface area contributed by atoms with Crippen LogP contribution < -0.4 is 0 Å². The lowest BCUT2D eigenvalue weighted by Crippen LogP contribution is -2.11. The fourth-order valence-electron chi connectivity index (χ4n) is 2.09. The molecule has 0 aliphatic rings. The van der Waals surface area contributed by atoms with E-state index in [1.807, 2.05) is 38.1 Å². The largest absolute Gasteiger partial charge is 0.292 e. The van der Waals surface area contributed by atoms with Crippen molar-refractivity contribution in [3.05, 3.63) is 69.7 Å². The van der Waals surface area contributed by atoms with E-state index in [1.54, 1.807) is 18.2 Å². The molecule has 2 aromatic rings. The Balaban J connectivity index is 2.39. The number of Topliss-reactive ketones (excluding diaryl/α,β-unsaturated/α-hetero) is 1. The second-order valence-corrected chi connectivity index (χ2v) is 5.29. The number of hydrogen-bond acceptors (Lipinski definition) is 2. The zero-order valence-electron chi connectivity index (χ0n) is 11.4. The molecule has 0 aliphatic carbocycles. The minimum atomic E-state index is -0.798. The van der Waals surface area contributed by atoms with Crippen molar-refractivity contribution < 1.29 is 4.79 Å². The summed E-state index contributed by atoms with van der Waals surface area (Å²) in [5.41, 5.74) is 3.18. The number of halogens is 1. The van der Waals surface area contributed by atoms with Gasteiger partial charge in [0.1, 0.15) is 5.92 Å². The summed E-state index contributed by atoms with van der Waals surface area (Å²) in [6.07, 6.45) is 0. The predicted molar refractivity (Wildman–Crippen MR) is 80.1 cm³/mol. The van der Waals surface area contributed by atoms with Gasteiger partial charge in [-0.3, -0.25) is 4.79 Å². The van der Waals surface area contributed by atoms with Crippen molar-refractivity contribution in [3.63, 3.8) is 0 Å². The Kier molecular flexibility index (Phi) is 4.22. The lowest BCUT2D eigenvalue weighted by molar-refractivity contribution is 0.0979. The van der Waals surface area contributed by atoms with Crippen LogP contribution in [0.1, 0.15) is 33.0 Å². The SMILES string of the molecule is Cc1ccc(C(C#N)C(=O)c2cc(C)cc(Cl)c2)cc1. The van der Waals surface area contributed by atoms with Crippen LogP contribution >= 0.6 is 11.6 Å². The Labute approximate surface area is 123 Å². The molecule has 0 N–H and O–H groups in total. The molecule has 0 spiro atoms. The lowest BCUT2D eigenvalue weighted by Gasteiger charge is -2.10. The maximum atomic E-state index is 12.5. The van der Waals surface area contributed by atoms with Crippen molar-refractivity contribution in [2.24, 2.45) is 0 Å². The van der Waals surface area contributed by atoms with Gasteiger partial charge in [-0.1, -0.05) is 41.4 Å². The first kappa shape index (κ1) is 14.3. The summed E-state index contributed by atoms with van der Waals surface area (Å²) in [5, 5.41) is 9.82. The average molecular weight is 284 g/mol. The maximum Gasteiger partial charge on any atom is 0.184 e. The quantitative estimate of drug-likeness (QED) is 0.781. The van der Waals surface area contributed by atoms with Crippen LogP contribution in [-0.2, 0) is 0 Å². The molecule has 0 fully saturated rings. The molecule has 0 bridgehead atoms. The van der Waals surface area contributed by atoms with Crippen LogP contribution in [-0.4, -0.2) is 5.78 Å². The number of nitrogens with zero attached hydrogens (tertiary/aromatic N) is 1. The zero-order chi connectivity index (χ0) is 14.7. The molecule has 0 aliphatic heterocycles. The van der Waals surface area contributed by atoms with Gasteiger partial charge < -0.3 is 0 Å². The number of aryl methyl sites for hydroxylation is 2. The molecule has 2 nitrogen and oxygen atoms in total. The van der Waals surface area contributed by atoms with E-state index in [0.717, 1.165) is 11.1 Å². The van der Waals surface area contributed by atoms with Crippen molar-refractivity contribution in [2.45, 2.75) is 19.8 Å². The van der Waals surface area contributed by atoms with Gasteiger partial charge in [-0.2, -0.15) is 5.26 Å². The van der Waals surface area contributed by atoms with Gasteiger partial charge in [0.05, 0.1) is 6.07 Å². The van der Waals surface area contributed by atoms with E-state index >= 15 is 0 Å². The Morgan fingerprint density at radius 3 is 2.30 bits per heavy atom. The number of hydrogen-bond donors (Lipinski definition) is 0. The van der Waals surface area contributed by atoms with Crippen LogP contribution in [0.15, 0.2) is 42.5 Å². The molecular weight excluding hydrogens is 270 g/mol. The molecule has 0 heterocycles. The first-order chi connectivity index (χ1) is 9.51. The summed E-state index contributed by atoms with van der Waals surface area (Å²) in [6.45, 7) is 3.84. The number of carbonyl (C=O) groups excluding carboxylic acids is 1. The minimum Gasteiger partial charge on any atom is -0.292 e. The zero-order valence-corrected chi connectivity index (χ0v) is 12.1. The summed E-state index contributed by atoms with van der Waals surface area (Å²) >= 11 is 5.97. The highest BCUT2D eigenvalue weighted by molar-refractivity contribution is 6.31. The van der Waals surface area contributed by atoms with Crippen molar-refractivity contribution in [2.75, 3.05) is 0 Å². The van der Waals surface area contributed by atoms with Crippen LogP contribution in [0.25, 0.3) is 0 Å². The van der Waals surface area contributed by atoms with E-state index in [4.69, 9.17) is 11.6 Å². The Morgan fingerprint density at radius 1 is 1.10 bits per heavy atom. The molecule has 0 aromatic heterocycles. The van der Waals surface area contributed by atoms with Gasteiger partial charge in [0.15, 0.2) is 5.78 Å². The highest BCUT2D eigenvalue weighted by atomic mass is 35.5. The number of carbonyl (C=O) groups is 1. The third kappa shape index (κ3) is 3.07. The van der Waals surface area contributed by atoms with Gasteiger partial charge in [0, 0.05) is 10.6 Å². The standard InChI is InChI=1S/C17H14ClNO/c1-11-3-5-13(6-4-11)16(10-19)17(20)14-7-12(2)8-15(18)9-14/h3-9,16H,1-2H3. The highest BCUT2D eigenvalue weighted by Crippen LogP contribution is 2.23. The normalized spacial score (nSPS) is 11.7. The molecule has 3 heteroatoms. The highest BCUT2D eigenvalue weighted by Gasteiger charge is 2.22. The fourth-order valence-corrected chi connectivity index (χ4v) is 2.38. The van der Waals surface area contributed by atoms with Crippen molar-refractivity contribution >= 4 is 17.4 Å². The third-order valence-electron chi connectivity index (χ3n) is 3.13. The van der Waals surface area contributed by atoms with Gasteiger partial charge in [-0.05, 0) is 43.2 Å². The van der Waals surface area contributed by atoms with Crippen molar-refractivity contribution in [3.8, 4) is 6.07 Å². The molecule has 100 valence electrons. The molecule has 0 amide bonds. The van der Waals surface area contributed by atoms with Gasteiger partial charge in [-0.15, -0.1) is 0 Å². The molecule has 0 saturated carbocycles. The molecule has 1 unspecified atom stereocenters. The summed E-state index contributed by atoms with van der Waals surface area (Å²) in [6, 6.07) is 14.7. The second-order valence-electron chi connectivity index (χ2n) is 4.85. The van der Waals surface area contributed by atoms with Crippen LogP contribution in [0.2, 0.25) is 5.02 Å². The summed E-state index contributed by atoms with van der Waals surface area (Å²) in [7, 11) is 0. The maximum absolute atomic E-state index is 12.5. The number of benzene rings is 2. The van der Waals surface area contributed by atoms with E-state index in [-0.39, 0.29) is 5.78 Å². The van der Waals surface area contributed by atoms with Crippen molar-refractivity contribution in [1.82, 2.24) is 0 Å². The first-order valence-electron chi connectivity index (χ1n) is 6.29. The molecular formula is C17H14ClNO. The van der Waals surface area contributed by atoms with Gasteiger partial charge >= 0.3 is 0 Å². The molecule has 1 atom stereocenters. The van der Waals surface area contributed by atoms with Crippen LogP contribution in [0, 0.1) is 25.2 Å². The fraction of sp³-hybridized carbons (Fsp3) is 0.176. The lowest BCUT2D eigenvalue weighted by atomic mass is 9.91. The van der Waals surface area contributed by atoms with E-state index in [1.165, 1.54) is 0 Å². The minimum absolute atomic E-state index is 0.220. The summed E-state index contributed by atoms with van der Waals surface area (Å²) in [4.78, 5) is 12.5. The molecule has 20 heavy (non-hydrogen) atoms. The first-order valence-corrected chi connectivity index (χ1v) is 6.66. The smallest absolute Gasteiger partial charge is 0.184 e. The molecule has 0 saturated heterocycles. The van der Waals surface area contributed by atoms with Crippen LogP contribution in [0.4, 0.5) is 0 Å². The molecule has 0 radical (unpaired) electrons. The van der Waals surface area contributed by atoms with Crippen LogP contribution in [0.5, 0.6) is 0 Å². The Bertz CT molecular complexity index is 663. The number of nitriles is 1. The summed E-state index contributed by atoms with van der Waals surface area (Å²) < 4.78 is 0. The Hall–Kier alpha value is -2.11. The van der Waals surface area contributed by atoms with E-state index < -0.39 is 5.92 Å². The van der Waals surface area contributed by atoms with E-state index in [0.29, 0.717) is 16.1 Å². The van der Waals surface area contributed by atoms with Gasteiger partial charge in [-0.25, -0.2) is 0 Å².